The Morgan fingerprint density at radius 1 is 0.872 bits per heavy atom. The maximum Gasteiger partial charge on any atom is 0.326 e. The molecule has 0 aliphatic heterocycles. The monoisotopic (exact) mass is 581 g/mol. The molecule has 12 nitrogen and oxygen atoms in total. The standard InChI is InChI=1S/C25H35N5O7S2/c1-38-9-7-16(26)22(33)29-19(11-14-13-27-17-6-4-3-5-15(14)17)24(35)28-18(8-10-39-2)23(34)30-20(25(36)37)12-21(31)32/h3-6,13,16,18-20,27H,7-12,26H2,1-2H3,(H,28,35)(H,29,33)(H,30,34)(H,31,32)(H,36,37). The topological polar surface area (TPSA) is 204 Å². The van der Waals surface area contributed by atoms with Crippen molar-refractivity contribution in [2.24, 2.45) is 5.73 Å². The maximum absolute atomic E-state index is 13.5. The van der Waals surface area contributed by atoms with Crippen LogP contribution in [0.1, 0.15) is 24.8 Å². The summed E-state index contributed by atoms with van der Waals surface area (Å²) in [7, 11) is 0. The summed E-state index contributed by atoms with van der Waals surface area (Å²) in [6.45, 7) is 0. The van der Waals surface area contributed by atoms with E-state index >= 15 is 0 Å². The van der Waals surface area contributed by atoms with E-state index in [4.69, 9.17) is 10.8 Å². The summed E-state index contributed by atoms with van der Waals surface area (Å²) in [6.07, 6.45) is 5.28. The molecule has 2 aromatic rings. The third-order valence-electron chi connectivity index (χ3n) is 5.94. The van der Waals surface area contributed by atoms with Crippen molar-refractivity contribution in [1.29, 1.82) is 0 Å². The van der Waals surface area contributed by atoms with Gasteiger partial charge in [-0.15, -0.1) is 0 Å². The van der Waals surface area contributed by atoms with Crippen molar-refractivity contribution in [3.63, 3.8) is 0 Å². The first-order valence-corrected chi connectivity index (χ1v) is 15.0. The van der Waals surface area contributed by atoms with Gasteiger partial charge in [-0.05, 0) is 48.5 Å². The number of carbonyl (C=O) groups excluding carboxylic acids is 3. The average Bonchev–Trinajstić information content (AvgIpc) is 3.30. The molecule has 14 heteroatoms. The Hall–Kier alpha value is -3.23. The van der Waals surface area contributed by atoms with Crippen LogP contribution < -0.4 is 21.7 Å². The zero-order valence-corrected chi connectivity index (χ0v) is 23.4. The van der Waals surface area contributed by atoms with Crippen LogP contribution in [0.3, 0.4) is 0 Å². The summed E-state index contributed by atoms with van der Waals surface area (Å²) in [4.78, 5) is 64.9. The van der Waals surface area contributed by atoms with Crippen LogP contribution in [0.25, 0.3) is 10.9 Å². The van der Waals surface area contributed by atoms with Crippen molar-refractivity contribution in [2.75, 3.05) is 24.0 Å². The number of nitrogens with one attached hydrogen (secondary N) is 4. The highest BCUT2D eigenvalue weighted by Gasteiger charge is 2.31. The summed E-state index contributed by atoms with van der Waals surface area (Å²) >= 11 is 2.95. The normalized spacial score (nSPS) is 14.1. The molecule has 2 rings (SSSR count). The number of thioether (sulfide) groups is 2. The molecule has 0 radical (unpaired) electrons. The van der Waals surface area contributed by atoms with Crippen molar-refractivity contribution in [3.8, 4) is 0 Å². The summed E-state index contributed by atoms with van der Waals surface area (Å²) in [5.74, 6) is -3.80. The molecule has 4 unspecified atom stereocenters. The summed E-state index contributed by atoms with van der Waals surface area (Å²) in [5, 5.41) is 26.7. The van der Waals surface area contributed by atoms with E-state index in [1.165, 1.54) is 23.5 Å². The molecule has 1 aromatic carbocycles. The van der Waals surface area contributed by atoms with Crippen molar-refractivity contribution < 1.29 is 34.2 Å². The Bertz CT molecular complexity index is 1160. The third-order valence-corrected chi connectivity index (χ3v) is 7.23. The van der Waals surface area contributed by atoms with Gasteiger partial charge in [0.2, 0.25) is 17.7 Å². The number of H-pyrrole nitrogens is 1. The van der Waals surface area contributed by atoms with Crippen LogP contribution in [-0.2, 0) is 30.4 Å². The van der Waals surface area contributed by atoms with Gasteiger partial charge in [-0.3, -0.25) is 19.2 Å². The van der Waals surface area contributed by atoms with E-state index in [1.54, 1.807) is 12.5 Å². The molecule has 0 aliphatic carbocycles. The fourth-order valence-corrected chi connectivity index (χ4v) is 4.77. The number of carboxylic acid groups (broad SMARTS) is 2. The molecular weight excluding hydrogens is 546 g/mol. The van der Waals surface area contributed by atoms with Gasteiger partial charge in [0.1, 0.15) is 18.1 Å². The second kappa shape index (κ2) is 16.0. The molecule has 3 amide bonds. The lowest BCUT2D eigenvalue weighted by molar-refractivity contribution is -0.147. The molecule has 0 saturated heterocycles. The van der Waals surface area contributed by atoms with Crippen molar-refractivity contribution in [3.05, 3.63) is 36.0 Å². The van der Waals surface area contributed by atoms with Gasteiger partial charge in [-0.2, -0.15) is 23.5 Å². The predicted octanol–water partition coefficient (Wildman–Crippen LogP) is 0.558. The molecule has 1 aromatic heterocycles. The molecule has 8 N–H and O–H groups in total. The number of benzene rings is 1. The molecule has 39 heavy (non-hydrogen) atoms. The molecule has 0 fully saturated rings. The van der Waals surface area contributed by atoms with Crippen molar-refractivity contribution in [2.45, 2.75) is 49.9 Å². The first kappa shape index (κ1) is 32.0. The van der Waals surface area contributed by atoms with E-state index < -0.39 is 60.2 Å². The van der Waals surface area contributed by atoms with E-state index in [1.807, 2.05) is 30.5 Å². The minimum atomic E-state index is -1.67. The number of carbonyl (C=O) groups is 5. The first-order valence-electron chi connectivity index (χ1n) is 12.2. The largest absolute Gasteiger partial charge is 0.481 e. The van der Waals surface area contributed by atoms with Crippen LogP contribution in [0.4, 0.5) is 0 Å². The predicted molar refractivity (Wildman–Crippen MR) is 152 cm³/mol. The quantitative estimate of drug-likeness (QED) is 0.138. The molecule has 1 heterocycles. The van der Waals surface area contributed by atoms with Crippen LogP contribution in [0, 0.1) is 0 Å². The van der Waals surface area contributed by atoms with Gasteiger partial charge in [-0.25, -0.2) is 4.79 Å². The highest BCUT2D eigenvalue weighted by atomic mass is 32.2. The van der Waals surface area contributed by atoms with Crippen LogP contribution in [0.5, 0.6) is 0 Å². The van der Waals surface area contributed by atoms with Gasteiger partial charge in [-0.1, -0.05) is 18.2 Å². The number of amides is 3. The Kier molecular flexibility index (Phi) is 13.1. The smallest absolute Gasteiger partial charge is 0.326 e. The second-order valence-corrected chi connectivity index (χ2v) is 10.8. The van der Waals surface area contributed by atoms with Gasteiger partial charge in [0.15, 0.2) is 0 Å². The number of carboxylic acids is 2. The fourth-order valence-electron chi connectivity index (χ4n) is 3.81. The number of fused-ring (bicyclic) bond motifs is 1. The van der Waals surface area contributed by atoms with Gasteiger partial charge >= 0.3 is 11.9 Å². The Balaban J connectivity index is 2.28. The van der Waals surface area contributed by atoms with Gasteiger partial charge in [0.05, 0.1) is 12.5 Å². The second-order valence-electron chi connectivity index (χ2n) is 8.85. The van der Waals surface area contributed by atoms with E-state index in [9.17, 15) is 29.1 Å². The van der Waals surface area contributed by atoms with E-state index in [2.05, 4.69) is 20.9 Å². The Labute approximate surface area is 234 Å². The number of nitrogens with two attached hydrogens (primary N) is 1. The highest BCUT2D eigenvalue weighted by molar-refractivity contribution is 7.98. The molecular formula is C25H35N5O7S2. The van der Waals surface area contributed by atoms with Crippen LogP contribution in [-0.4, -0.2) is 93.0 Å². The number of rotatable bonds is 17. The zero-order chi connectivity index (χ0) is 28.9. The lowest BCUT2D eigenvalue weighted by Crippen LogP contribution is -2.57. The van der Waals surface area contributed by atoms with Gasteiger partial charge in [0.25, 0.3) is 0 Å². The van der Waals surface area contributed by atoms with E-state index in [-0.39, 0.29) is 12.8 Å². The maximum atomic E-state index is 13.5. The first-order chi connectivity index (χ1) is 18.6. The number of para-hydroxylation sites is 1. The molecule has 0 bridgehead atoms. The Morgan fingerprint density at radius 2 is 1.46 bits per heavy atom. The number of aromatic amines is 1. The summed E-state index contributed by atoms with van der Waals surface area (Å²) in [5.41, 5.74) is 7.64. The van der Waals surface area contributed by atoms with Gasteiger partial charge in [0, 0.05) is 23.5 Å². The molecule has 214 valence electrons. The van der Waals surface area contributed by atoms with Gasteiger partial charge < -0.3 is 36.9 Å². The lowest BCUT2D eigenvalue weighted by Gasteiger charge is -2.25. The number of aromatic nitrogens is 1. The molecule has 0 spiro atoms. The van der Waals surface area contributed by atoms with Crippen molar-refractivity contribution in [1.82, 2.24) is 20.9 Å². The number of aliphatic carboxylic acids is 2. The Morgan fingerprint density at radius 3 is 2.10 bits per heavy atom. The summed E-state index contributed by atoms with van der Waals surface area (Å²) < 4.78 is 0. The molecule has 0 saturated carbocycles. The van der Waals surface area contributed by atoms with E-state index in [0.717, 1.165) is 16.5 Å². The SMILES string of the molecule is CSCCC(N)C(=O)NC(Cc1c[nH]c2ccccc12)C(=O)NC(CCSC)C(=O)NC(CC(=O)O)C(=O)O. The van der Waals surface area contributed by atoms with Crippen LogP contribution in [0.2, 0.25) is 0 Å². The zero-order valence-electron chi connectivity index (χ0n) is 21.8. The average molecular weight is 582 g/mol. The molecule has 4 atom stereocenters. The number of hydrogen-bond donors (Lipinski definition) is 7. The molecule has 0 aliphatic rings. The minimum absolute atomic E-state index is 0.102. The summed E-state index contributed by atoms with van der Waals surface area (Å²) in [6, 6.07) is 2.73. The fraction of sp³-hybridized carbons (Fsp3) is 0.480. The van der Waals surface area contributed by atoms with Crippen LogP contribution in [0.15, 0.2) is 30.5 Å². The minimum Gasteiger partial charge on any atom is -0.481 e. The van der Waals surface area contributed by atoms with Crippen LogP contribution >= 0.6 is 23.5 Å². The number of hydrogen-bond acceptors (Lipinski definition) is 8. The van der Waals surface area contributed by atoms with E-state index in [0.29, 0.717) is 17.9 Å². The highest BCUT2D eigenvalue weighted by Crippen LogP contribution is 2.19. The van der Waals surface area contributed by atoms with Crippen molar-refractivity contribution >= 4 is 64.1 Å². The lowest BCUT2D eigenvalue weighted by atomic mass is 10.0. The third kappa shape index (κ3) is 10.1.